The monoisotopic (exact) mass is 497 g/mol. The SMILES string of the molecule is Cc1ccc(N[C@H](C(=O)Nc2cc(C(F)(F)F)ccc2Cl)c2ccccc2)cc1S(N)(=O)=O. The normalized spacial score (nSPS) is 12.8. The molecule has 3 aromatic rings. The first-order chi connectivity index (χ1) is 15.4. The van der Waals surface area contributed by atoms with E-state index in [1.807, 2.05) is 0 Å². The molecule has 3 aromatic carbocycles. The number of carbonyl (C=O) groups is 1. The van der Waals surface area contributed by atoms with Gasteiger partial charge in [-0.25, -0.2) is 13.6 Å². The second kappa shape index (κ2) is 9.42. The maximum Gasteiger partial charge on any atom is 0.416 e. The molecule has 6 nitrogen and oxygen atoms in total. The summed E-state index contributed by atoms with van der Waals surface area (Å²) < 4.78 is 63.0. The van der Waals surface area contributed by atoms with Crippen LogP contribution in [0.1, 0.15) is 22.7 Å². The second-order valence-electron chi connectivity index (χ2n) is 7.19. The second-order valence-corrected chi connectivity index (χ2v) is 9.13. The van der Waals surface area contributed by atoms with Gasteiger partial charge in [-0.1, -0.05) is 48.0 Å². The Kier molecular flexibility index (Phi) is 7.01. The zero-order chi connectivity index (χ0) is 24.4. The van der Waals surface area contributed by atoms with Crippen molar-refractivity contribution >= 4 is 38.9 Å². The van der Waals surface area contributed by atoms with Crippen molar-refractivity contribution in [3.8, 4) is 0 Å². The minimum atomic E-state index is -4.62. The molecule has 3 rings (SSSR count). The third kappa shape index (κ3) is 6.04. The number of carbonyl (C=O) groups excluding carboxylic acids is 1. The third-order valence-electron chi connectivity index (χ3n) is 4.75. The van der Waals surface area contributed by atoms with Crippen LogP contribution < -0.4 is 15.8 Å². The van der Waals surface area contributed by atoms with Crippen LogP contribution in [0.4, 0.5) is 24.5 Å². The molecule has 0 saturated carbocycles. The maximum atomic E-state index is 13.1. The molecule has 0 radical (unpaired) electrons. The zero-order valence-corrected chi connectivity index (χ0v) is 18.7. The lowest BCUT2D eigenvalue weighted by molar-refractivity contribution is -0.137. The van der Waals surface area contributed by atoms with Crippen LogP contribution in [-0.4, -0.2) is 14.3 Å². The average Bonchev–Trinajstić information content (AvgIpc) is 2.73. The Morgan fingerprint density at radius 2 is 1.70 bits per heavy atom. The van der Waals surface area contributed by atoms with E-state index in [0.717, 1.165) is 18.2 Å². The lowest BCUT2D eigenvalue weighted by atomic mass is 10.0. The molecule has 0 saturated heterocycles. The van der Waals surface area contributed by atoms with Crippen molar-refractivity contribution in [2.45, 2.75) is 24.0 Å². The molecule has 174 valence electrons. The predicted octanol–water partition coefficient (Wildman–Crippen LogP) is 5.11. The summed E-state index contributed by atoms with van der Waals surface area (Å²) in [6.07, 6.45) is -4.62. The van der Waals surface area contributed by atoms with Gasteiger partial charge in [0.25, 0.3) is 5.91 Å². The van der Waals surface area contributed by atoms with Gasteiger partial charge in [0.05, 0.1) is 21.2 Å². The number of aryl methyl sites for hydroxylation is 1. The number of hydrogen-bond acceptors (Lipinski definition) is 4. The number of amides is 1. The van der Waals surface area contributed by atoms with E-state index in [2.05, 4.69) is 10.6 Å². The Morgan fingerprint density at radius 1 is 1.03 bits per heavy atom. The van der Waals surface area contributed by atoms with E-state index in [1.165, 1.54) is 12.1 Å². The van der Waals surface area contributed by atoms with E-state index in [9.17, 15) is 26.4 Å². The van der Waals surface area contributed by atoms with Crippen molar-refractivity contribution < 1.29 is 26.4 Å². The third-order valence-corrected chi connectivity index (χ3v) is 6.13. The number of anilines is 2. The summed E-state index contributed by atoms with van der Waals surface area (Å²) in [5, 5.41) is 10.5. The van der Waals surface area contributed by atoms with Gasteiger partial charge in [0.15, 0.2) is 0 Å². The number of nitrogens with two attached hydrogens (primary N) is 1. The first kappa shape index (κ1) is 24.6. The highest BCUT2D eigenvalue weighted by Gasteiger charge is 2.31. The van der Waals surface area contributed by atoms with Crippen LogP contribution >= 0.6 is 11.6 Å². The maximum absolute atomic E-state index is 13.1. The van der Waals surface area contributed by atoms with Crippen molar-refractivity contribution in [3.05, 3.63) is 88.4 Å². The van der Waals surface area contributed by atoms with Crippen LogP contribution in [0.2, 0.25) is 5.02 Å². The topological polar surface area (TPSA) is 101 Å². The Balaban J connectivity index is 1.97. The average molecular weight is 498 g/mol. The van der Waals surface area contributed by atoms with Gasteiger partial charge in [-0.2, -0.15) is 13.2 Å². The molecule has 0 aliphatic carbocycles. The number of alkyl halides is 3. The van der Waals surface area contributed by atoms with E-state index in [1.54, 1.807) is 43.3 Å². The largest absolute Gasteiger partial charge is 0.416 e. The molecule has 1 atom stereocenters. The molecule has 11 heteroatoms. The number of hydrogen-bond donors (Lipinski definition) is 3. The molecule has 4 N–H and O–H groups in total. The summed E-state index contributed by atoms with van der Waals surface area (Å²) in [6, 6.07) is 14.2. The number of primary sulfonamides is 1. The van der Waals surface area contributed by atoms with Crippen LogP contribution in [0, 0.1) is 6.92 Å². The quantitative estimate of drug-likeness (QED) is 0.440. The number of sulfonamides is 1. The minimum absolute atomic E-state index is 0.0741. The number of benzene rings is 3. The smallest absolute Gasteiger partial charge is 0.370 e. The fourth-order valence-corrected chi connectivity index (χ4v) is 4.08. The van der Waals surface area contributed by atoms with Crippen molar-refractivity contribution in [2.24, 2.45) is 5.14 Å². The molecule has 0 aliphatic rings. The van der Waals surface area contributed by atoms with Gasteiger partial charge in [-0.3, -0.25) is 4.79 Å². The minimum Gasteiger partial charge on any atom is -0.370 e. The van der Waals surface area contributed by atoms with Crippen molar-refractivity contribution in [2.75, 3.05) is 10.6 Å². The highest BCUT2D eigenvalue weighted by molar-refractivity contribution is 7.89. The van der Waals surface area contributed by atoms with Gasteiger partial charge in [0.1, 0.15) is 6.04 Å². The summed E-state index contributed by atoms with van der Waals surface area (Å²) in [4.78, 5) is 13.0. The molecular formula is C22H19ClF3N3O3S. The van der Waals surface area contributed by atoms with E-state index in [4.69, 9.17) is 16.7 Å². The molecule has 0 unspecified atom stereocenters. The van der Waals surface area contributed by atoms with Gasteiger partial charge in [0.2, 0.25) is 10.0 Å². The van der Waals surface area contributed by atoms with Gasteiger partial charge in [-0.15, -0.1) is 0 Å². The summed E-state index contributed by atoms with van der Waals surface area (Å²) in [5.74, 6) is -0.708. The fourth-order valence-electron chi connectivity index (χ4n) is 3.11. The number of nitrogens with one attached hydrogen (secondary N) is 2. The molecule has 0 bridgehead atoms. The van der Waals surface area contributed by atoms with Crippen LogP contribution in [0.15, 0.2) is 71.6 Å². The summed E-state index contributed by atoms with van der Waals surface area (Å²) in [5.41, 5.74) is -0.0183. The highest BCUT2D eigenvalue weighted by atomic mass is 35.5. The van der Waals surface area contributed by atoms with Gasteiger partial charge in [-0.05, 0) is 48.4 Å². The summed E-state index contributed by atoms with van der Waals surface area (Å²) in [6.45, 7) is 1.57. The summed E-state index contributed by atoms with van der Waals surface area (Å²) in [7, 11) is -4.01. The number of rotatable bonds is 6. The van der Waals surface area contributed by atoms with Crippen molar-refractivity contribution in [1.29, 1.82) is 0 Å². The van der Waals surface area contributed by atoms with E-state index in [-0.39, 0.29) is 21.3 Å². The molecular weight excluding hydrogens is 479 g/mol. The Morgan fingerprint density at radius 3 is 2.30 bits per heavy atom. The first-order valence-electron chi connectivity index (χ1n) is 9.49. The molecule has 33 heavy (non-hydrogen) atoms. The van der Waals surface area contributed by atoms with Crippen LogP contribution in [-0.2, 0) is 21.0 Å². The zero-order valence-electron chi connectivity index (χ0n) is 17.2. The van der Waals surface area contributed by atoms with Crippen LogP contribution in [0.25, 0.3) is 0 Å². The van der Waals surface area contributed by atoms with E-state index in [0.29, 0.717) is 11.1 Å². The van der Waals surface area contributed by atoms with Crippen molar-refractivity contribution in [3.63, 3.8) is 0 Å². The summed E-state index contributed by atoms with van der Waals surface area (Å²) >= 11 is 6.01. The molecule has 0 aromatic heterocycles. The first-order valence-corrected chi connectivity index (χ1v) is 11.4. The fraction of sp³-hybridized carbons (Fsp3) is 0.136. The Labute approximate surface area is 193 Å². The lowest BCUT2D eigenvalue weighted by Gasteiger charge is -2.21. The molecule has 0 spiro atoms. The molecule has 0 aliphatic heterocycles. The number of halogens is 4. The highest BCUT2D eigenvalue weighted by Crippen LogP contribution is 2.34. The standard InChI is InChI=1S/C22H19ClF3N3O3S/c1-13-7-9-16(12-19(13)33(27,31)32)28-20(14-5-3-2-4-6-14)21(30)29-18-11-15(22(24,25)26)8-10-17(18)23/h2-12,20,28H,1H3,(H,29,30)(H2,27,31,32)/t20-/m0/s1. The van der Waals surface area contributed by atoms with Gasteiger partial charge < -0.3 is 10.6 Å². The van der Waals surface area contributed by atoms with Crippen LogP contribution in [0.3, 0.4) is 0 Å². The lowest BCUT2D eigenvalue weighted by Crippen LogP contribution is -2.27. The van der Waals surface area contributed by atoms with Crippen molar-refractivity contribution in [1.82, 2.24) is 0 Å². The Hall–Kier alpha value is -3.08. The predicted molar refractivity (Wildman–Crippen MR) is 120 cm³/mol. The molecule has 1 amide bonds. The van der Waals surface area contributed by atoms with Gasteiger partial charge in [0, 0.05) is 5.69 Å². The Bertz CT molecular complexity index is 1280. The molecule has 0 fully saturated rings. The van der Waals surface area contributed by atoms with E-state index >= 15 is 0 Å². The molecule has 0 heterocycles. The van der Waals surface area contributed by atoms with Crippen LogP contribution in [0.5, 0.6) is 0 Å². The van der Waals surface area contributed by atoms with Gasteiger partial charge >= 0.3 is 6.18 Å². The van der Waals surface area contributed by atoms with E-state index < -0.39 is 33.7 Å².